The van der Waals surface area contributed by atoms with Crippen LogP contribution in [0.15, 0.2) is 48.5 Å². The fraction of sp³-hybridized carbons (Fsp3) is 0.360. The van der Waals surface area contributed by atoms with Crippen LogP contribution in [0.25, 0.3) is 0 Å². The van der Waals surface area contributed by atoms with Gasteiger partial charge in [-0.1, -0.05) is 24.3 Å². The van der Waals surface area contributed by atoms with E-state index in [2.05, 4.69) is 26.9 Å². The van der Waals surface area contributed by atoms with Crippen molar-refractivity contribution >= 4 is 17.4 Å². The van der Waals surface area contributed by atoms with Crippen LogP contribution in [0.3, 0.4) is 0 Å². The maximum atomic E-state index is 13.7. The second-order valence-corrected chi connectivity index (χ2v) is 8.73. The quantitative estimate of drug-likeness (QED) is 0.508. The lowest BCUT2D eigenvalue weighted by Gasteiger charge is -2.38. The van der Waals surface area contributed by atoms with Gasteiger partial charge in [0.2, 0.25) is 5.28 Å². The number of methoxy groups -OCH3 is 1. The van der Waals surface area contributed by atoms with E-state index in [-0.39, 0.29) is 17.1 Å². The van der Waals surface area contributed by atoms with Crippen LogP contribution in [0, 0.1) is 5.82 Å². The van der Waals surface area contributed by atoms with Crippen molar-refractivity contribution in [2.45, 2.75) is 31.8 Å². The van der Waals surface area contributed by atoms with E-state index in [1.165, 1.54) is 30.5 Å². The van der Waals surface area contributed by atoms with Crippen molar-refractivity contribution in [2.24, 2.45) is 0 Å². The molecule has 1 unspecified atom stereocenters. The number of aromatic nitrogens is 2. The maximum Gasteiger partial charge on any atom is 0.224 e. The normalized spacial score (nSPS) is 18.6. The molecule has 0 radical (unpaired) electrons. The molecule has 2 aliphatic rings. The summed E-state index contributed by atoms with van der Waals surface area (Å²) in [5, 5.41) is 0.268. The van der Waals surface area contributed by atoms with Gasteiger partial charge in [0.05, 0.1) is 18.8 Å². The predicted octanol–water partition coefficient (Wildman–Crippen LogP) is 5.03. The SMILES string of the molecule is COc1ccc(CN2CCc3c(nc(Cl)nc3N3CCCC3)C2c2ccc(F)cc2)cc1. The topological polar surface area (TPSA) is 41.5 Å². The van der Waals surface area contributed by atoms with E-state index in [0.717, 1.165) is 61.0 Å². The second kappa shape index (κ2) is 9.04. The highest BCUT2D eigenvalue weighted by Crippen LogP contribution is 2.39. The van der Waals surface area contributed by atoms with Crippen LogP contribution in [-0.2, 0) is 13.0 Å². The molecule has 0 N–H and O–H groups in total. The van der Waals surface area contributed by atoms with E-state index in [0.29, 0.717) is 0 Å². The van der Waals surface area contributed by atoms with Crippen LogP contribution in [0.5, 0.6) is 5.75 Å². The average molecular weight is 453 g/mol. The van der Waals surface area contributed by atoms with Gasteiger partial charge in [-0.25, -0.2) is 14.4 Å². The minimum absolute atomic E-state index is 0.122. The molecule has 5 rings (SSSR count). The third kappa shape index (κ3) is 4.17. The number of rotatable bonds is 5. The van der Waals surface area contributed by atoms with Gasteiger partial charge in [-0.05, 0) is 66.3 Å². The molecule has 0 saturated carbocycles. The zero-order chi connectivity index (χ0) is 22.1. The number of fused-ring (bicyclic) bond motifs is 1. The van der Waals surface area contributed by atoms with E-state index in [9.17, 15) is 4.39 Å². The molecule has 2 aromatic carbocycles. The van der Waals surface area contributed by atoms with Crippen molar-refractivity contribution < 1.29 is 9.13 Å². The van der Waals surface area contributed by atoms with Crippen LogP contribution in [-0.4, -0.2) is 41.6 Å². The van der Waals surface area contributed by atoms with Gasteiger partial charge in [0, 0.05) is 31.7 Å². The number of hydrogen-bond donors (Lipinski definition) is 0. The molecule has 0 aliphatic carbocycles. The van der Waals surface area contributed by atoms with Crippen LogP contribution < -0.4 is 9.64 Å². The van der Waals surface area contributed by atoms with Gasteiger partial charge < -0.3 is 9.64 Å². The van der Waals surface area contributed by atoms with Crippen molar-refractivity contribution in [1.29, 1.82) is 0 Å². The summed E-state index contributed by atoms with van der Waals surface area (Å²) >= 11 is 6.44. The molecular formula is C25H26ClFN4O. The summed E-state index contributed by atoms with van der Waals surface area (Å²) in [5.74, 6) is 1.56. The summed E-state index contributed by atoms with van der Waals surface area (Å²) in [6.45, 7) is 3.59. The Morgan fingerprint density at radius 1 is 1.00 bits per heavy atom. The van der Waals surface area contributed by atoms with Gasteiger partial charge in [0.25, 0.3) is 0 Å². The van der Waals surface area contributed by atoms with Gasteiger partial charge in [0.1, 0.15) is 17.4 Å². The van der Waals surface area contributed by atoms with Gasteiger partial charge >= 0.3 is 0 Å². The molecule has 1 saturated heterocycles. The largest absolute Gasteiger partial charge is 0.497 e. The van der Waals surface area contributed by atoms with E-state index >= 15 is 0 Å². The Labute approximate surface area is 192 Å². The minimum Gasteiger partial charge on any atom is -0.497 e. The lowest BCUT2D eigenvalue weighted by Crippen LogP contribution is -2.38. The molecule has 1 aromatic heterocycles. The zero-order valence-corrected chi connectivity index (χ0v) is 18.9. The van der Waals surface area contributed by atoms with E-state index in [4.69, 9.17) is 21.3 Å². The molecule has 3 heterocycles. The molecule has 166 valence electrons. The Bertz CT molecular complexity index is 1080. The summed E-state index contributed by atoms with van der Waals surface area (Å²) in [4.78, 5) is 14.1. The third-order valence-corrected chi connectivity index (χ3v) is 6.57. The second-order valence-electron chi connectivity index (χ2n) is 8.40. The van der Waals surface area contributed by atoms with Gasteiger partial charge in [-0.2, -0.15) is 0 Å². The summed E-state index contributed by atoms with van der Waals surface area (Å²) in [6, 6.07) is 14.7. The molecule has 1 atom stereocenters. The van der Waals surface area contributed by atoms with Crippen molar-refractivity contribution in [2.75, 3.05) is 31.6 Å². The molecular weight excluding hydrogens is 427 g/mol. The highest BCUT2D eigenvalue weighted by Gasteiger charge is 2.34. The molecule has 0 spiro atoms. The first kappa shape index (κ1) is 21.2. The highest BCUT2D eigenvalue weighted by atomic mass is 35.5. The average Bonchev–Trinajstić information content (AvgIpc) is 3.34. The van der Waals surface area contributed by atoms with E-state index in [1.54, 1.807) is 7.11 Å². The summed E-state index contributed by atoms with van der Waals surface area (Å²) in [7, 11) is 1.67. The zero-order valence-electron chi connectivity index (χ0n) is 18.1. The number of hydrogen-bond acceptors (Lipinski definition) is 5. The van der Waals surface area contributed by atoms with Crippen LogP contribution in [0.4, 0.5) is 10.2 Å². The molecule has 3 aromatic rings. The molecule has 5 nitrogen and oxygen atoms in total. The number of nitrogens with zero attached hydrogens (tertiary/aromatic N) is 4. The third-order valence-electron chi connectivity index (χ3n) is 6.40. The Kier molecular flexibility index (Phi) is 5.98. The Morgan fingerprint density at radius 3 is 2.41 bits per heavy atom. The molecule has 32 heavy (non-hydrogen) atoms. The van der Waals surface area contributed by atoms with Crippen molar-refractivity contribution in [3.05, 3.63) is 82.0 Å². The van der Waals surface area contributed by atoms with Crippen molar-refractivity contribution in [1.82, 2.24) is 14.9 Å². The first-order chi connectivity index (χ1) is 15.6. The van der Waals surface area contributed by atoms with Gasteiger partial charge in [-0.15, -0.1) is 0 Å². The van der Waals surface area contributed by atoms with Gasteiger partial charge in [0.15, 0.2) is 0 Å². The lowest BCUT2D eigenvalue weighted by molar-refractivity contribution is 0.200. The highest BCUT2D eigenvalue weighted by molar-refractivity contribution is 6.28. The Hall–Kier alpha value is -2.70. The lowest BCUT2D eigenvalue weighted by atomic mass is 9.91. The van der Waals surface area contributed by atoms with E-state index in [1.807, 2.05) is 24.3 Å². The number of benzene rings is 2. The number of halogens is 2. The monoisotopic (exact) mass is 452 g/mol. The Morgan fingerprint density at radius 2 is 1.72 bits per heavy atom. The molecule has 1 fully saturated rings. The summed E-state index contributed by atoms with van der Waals surface area (Å²) in [5.41, 5.74) is 4.28. The molecule has 0 amide bonds. The number of ether oxygens (including phenoxy) is 1. The van der Waals surface area contributed by atoms with Crippen LogP contribution in [0.2, 0.25) is 5.28 Å². The smallest absolute Gasteiger partial charge is 0.224 e. The van der Waals surface area contributed by atoms with Crippen molar-refractivity contribution in [3.63, 3.8) is 0 Å². The fourth-order valence-electron chi connectivity index (χ4n) is 4.82. The van der Waals surface area contributed by atoms with Crippen LogP contribution in [0.1, 0.15) is 41.3 Å². The maximum absolute atomic E-state index is 13.7. The van der Waals surface area contributed by atoms with Crippen LogP contribution >= 0.6 is 11.6 Å². The standard InChI is InChI=1S/C25H26ClFN4O/c1-32-20-10-4-17(5-11-20)16-31-15-12-21-22(23(31)18-6-8-19(27)9-7-18)28-25(26)29-24(21)30-13-2-3-14-30/h4-11,23H,2-3,12-16H2,1H3. The molecule has 7 heteroatoms. The summed E-state index contributed by atoms with van der Waals surface area (Å²) < 4.78 is 19.0. The fourth-order valence-corrected chi connectivity index (χ4v) is 5.00. The number of anilines is 1. The summed E-state index contributed by atoms with van der Waals surface area (Å²) in [6.07, 6.45) is 3.19. The Balaban J connectivity index is 1.56. The molecule has 0 bridgehead atoms. The predicted molar refractivity (Wildman–Crippen MR) is 124 cm³/mol. The first-order valence-electron chi connectivity index (χ1n) is 11.1. The molecule has 2 aliphatic heterocycles. The van der Waals surface area contributed by atoms with Crippen molar-refractivity contribution in [3.8, 4) is 5.75 Å². The first-order valence-corrected chi connectivity index (χ1v) is 11.4. The van der Waals surface area contributed by atoms with Gasteiger partial charge in [-0.3, -0.25) is 4.90 Å². The minimum atomic E-state index is -0.245. The van der Waals surface area contributed by atoms with E-state index < -0.39 is 0 Å².